The van der Waals surface area contributed by atoms with E-state index in [4.69, 9.17) is 68.2 Å². The summed E-state index contributed by atoms with van der Waals surface area (Å²) in [6.45, 7) is 7.93. The van der Waals surface area contributed by atoms with E-state index in [1.54, 1.807) is 0 Å². The highest BCUT2D eigenvalue weighted by atomic mass is 35.5. The minimum atomic E-state index is -2.35. The van der Waals surface area contributed by atoms with Crippen molar-refractivity contribution in [1.29, 1.82) is 0 Å². The van der Waals surface area contributed by atoms with Gasteiger partial charge in [0, 0.05) is 41.1 Å². The number of carbonyl (C=O) groups is 9. The summed E-state index contributed by atoms with van der Waals surface area (Å²) in [7, 11) is 1.47. The molecule has 18 atom stereocenters. The molecule has 2 saturated heterocycles. The molecule has 0 radical (unpaired) electrons. The van der Waals surface area contributed by atoms with Gasteiger partial charge in [-0.2, -0.15) is 0 Å². The fourth-order valence-electron chi connectivity index (χ4n) is 15.1. The summed E-state index contributed by atoms with van der Waals surface area (Å²) < 4.78 is 38.3. The van der Waals surface area contributed by atoms with Crippen LogP contribution >= 0.6 is 23.2 Å². The van der Waals surface area contributed by atoms with Crippen molar-refractivity contribution in [2.45, 2.75) is 266 Å². The summed E-state index contributed by atoms with van der Waals surface area (Å²) in [5.74, 6) is -16.6. The number of aliphatic carboxylic acids is 2. The number of fused-ring (bicyclic) bond motifs is 15. The minimum Gasteiger partial charge on any atom is -0.508 e. The van der Waals surface area contributed by atoms with Gasteiger partial charge in [0.05, 0.1) is 41.3 Å². The summed E-state index contributed by atoms with van der Waals surface area (Å²) in [5.41, 5.74) is 8.00. The Morgan fingerprint density at radius 3 is 1.73 bits per heavy atom. The first-order valence-electron chi connectivity index (χ1n) is 40.6. The zero-order valence-electron chi connectivity index (χ0n) is 68.0. The van der Waals surface area contributed by atoms with Crippen LogP contribution in [-0.2, 0) is 57.4 Å². The third-order valence-electron chi connectivity index (χ3n) is 21.8. The van der Waals surface area contributed by atoms with Crippen LogP contribution in [0.25, 0.3) is 11.1 Å². The van der Waals surface area contributed by atoms with Gasteiger partial charge >= 0.3 is 11.9 Å². The van der Waals surface area contributed by atoms with Gasteiger partial charge < -0.3 is 133 Å². The molecule has 121 heavy (non-hydrogen) atoms. The number of aliphatic hydroxyl groups is 6. The van der Waals surface area contributed by atoms with Crippen molar-refractivity contribution in [2.75, 3.05) is 13.7 Å². The van der Waals surface area contributed by atoms with E-state index in [1.165, 1.54) is 116 Å². The Kier molecular flexibility index (Phi) is 34.1. The lowest BCUT2D eigenvalue weighted by atomic mass is 9.86. The fraction of sp³-hybridized carbons (Fsp3) is 0.536. The van der Waals surface area contributed by atoms with E-state index in [0.717, 1.165) is 79.6 Å². The number of carboxylic acid groups (broad SMARTS) is 2. The third kappa shape index (κ3) is 24.6. The molecule has 22 N–H and O–H groups in total. The fourth-order valence-corrected chi connectivity index (χ4v) is 15.6. The molecule has 662 valence electrons. The number of carbonyl (C=O) groups excluding carboxylic acids is 7. The van der Waals surface area contributed by atoms with Crippen molar-refractivity contribution < 1.29 is 128 Å². The van der Waals surface area contributed by atoms with Gasteiger partial charge in [0.25, 0.3) is 0 Å². The number of halogens is 2. The molecule has 7 amide bonds. The molecule has 0 aliphatic carbocycles. The van der Waals surface area contributed by atoms with Gasteiger partial charge in [-0.15, -0.1) is 0 Å². The lowest BCUT2D eigenvalue weighted by Gasteiger charge is -2.47. The lowest BCUT2D eigenvalue weighted by molar-refractivity contribution is -0.333. The van der Waals surface area contributed by atoms with E-state index in [-0.39, 0.29) is 46.2 Å². The molecular formula is C84H111Cl2N9O26. The van der Waals surface area contributed by atoms with Crippen LogP contribution in [-0.4, -0.2) is 202 Å². The maximum absolute atomic E-state index is 16.0. The SMILES string of the molecule is CCCCCCCCCCCCCCCCCC(=O)O.CNC(CC(C)C)C(=O)NC1C(=O)NC(CC(N)=O)C(=O)NC2C(=O)NC3C(=O)NC(C(=O)NC(C(=O)O)c4cc(O)cc(O)c4-c4cc3ccc4O)C(O)c3ccc(c(Cl)c3)Oc3cc2cc(c3OC2OC(CO)C(O)C(O)C2OC2CC(C)(N)C(O)C(C)O2)Oc2ccc(cc2Cl)C1O. The van der Waals surface area contributed by atoms with Gasteiger partial charge in [-0.25, -0.2) is 4.79 Å². The Morgan fingerprint density at radius 1 is 0.636 bits per heavy atom. The van der Waals surface area contributed by atoms with Gasteiger partial charge in [0.2, 0.25) is 53.4 Å². The van der Waals surface area contributed by atoms with E-state index in [2.05, 4.69) is 44.1 Å². The molecule has 0 aromatic heterocycles. The standard InChI is InChI=1S/C66H75Cl2N9O24.C18H36O2/c1-23(2)12-34(71-5)58(88)76-49-51(83)26-7-10-38(32(67)14-26)97-40-16-28-17-41(55(40)101-65-56(54(86)53(85)42(22-78)99-65)100-44-21-66(4,70)57(87)24(3)96-44)98-39-11-8-27(15-33(39)68)52(84)50-63(93)75-48(64(94)95)31-18-29(79)19-37(81)45(31)30-13-25(6-9-36(30)80)46(60(90)77-50)74-61(91)47(28)73-59(89)35(20-43(69)82)72-62(49)92;1-2-3-4-5-6-7-8-9-10-11-12-13-14-15-16-17-18(19)20/h6-11,13-19,23-24,34-35,42,44,46-54,56-57,65,71,78-81,83-87H,12,20-22,70H2,1-5H3,(H2,69,82)(H,72,92)(H,73,89)(H,74,91)(H,75,93)(H,76,88)(H,77,90)(H,94,95);2-17H2,1H3,(H,19,20). The lowest BCUT2D eigenvalue weighted by Crippen LogP contribution is -2.64. The first-order valence-corrected chi connectivity index (χ1v) is 41.4. The van der Waals surface area contributed by atoms with Crippen LogP contribution in [0, 0.1) is 5.92 Å². The molecule has 12 rings (SSSR count). The molecular weight excluding hydrogens is 1620 g/mol. The number of aliphatic hydroxyl groups excluding tert-OH is 6. The van der Waals surface area contributed by atoms with Crippen molar-refractivity contribution in [1.82, 2.24) is 37.2 Å². The van der Waals surface area contributed by atoms with Gasteiger partial charge in [0.1, 0.15) is 89.5 Å². The predicted molar refractivity (Wildman–Crippen MR) is 436 cm³/mol. The van der Waals surface area contributed by atoms with Crippen molar-refractivity contribution in [2.24, 2.45) is 17.4 Å². The Bertz CT molecular complexity index is 4500. The van der Waals surface area contributed by atoms with Crippen LogP contribution in [0.5, 0.6) is 46.0 Å². The van der Waals surface area contributed by atoms with Crippen LogP contribution in [0.3, 0.4) is 0 Å². The number of benzene rings is 5. The van der Waals surface area contributed by atoms with Gasteiger partial charge in [-0.1, -0.05) is 152 Å². The van der Waals surface area contributed by atoms with Crippen molar-refractivity contribution in [3.8, 4) is 57.1 Å². The van der Waals surface area contributed by atoms with Gasteiger partial charge in [-0.05, 0) is 117 Å². The van der Waals surface area contributed by atoms with Gasteiger partial charge in [0.15, 0.2) is 29.9 Å². The maximum atomic E-state index is 16.0. The number of likely N-dealkylation sites (N-methyl/N-ethyl adjacent to an activating group) is 1. The van der Waals surface area contributed by atoms with Crippen molar-refractivity contribution in [3.63, 3.8) is 0 Å². The van der Waals surface area contributed by atoms with Crippen LogP contribution < -0.4 is 62.9 Å². The monoisotopic (exact) mass is 1730 g/mol. The summed E-state index contributed by atoms with van der Waals surface area (Å²) in [6.07, 6.45) is 1.65. The highest BCUT2D eigenvalue weighted by Gasteiger charge is 2.52. The number of phenolic OH excluding ortho intramolecular Hbond substituents is 3. The molecule has 5 aromatic carbocycles. The number of hydrogen-bond donors (Lipinski definition) is 20. The number of primary amides is 1. The second-order valence-corrected chi connectivity index (χ2v) is 32.6. The number of aromatic hydroxyl groups is 3. The largest absolute Gasteiger partial charge is 0.508 e. The zero-order chi connectivity index (χ0) is 88.4. The Labute approximate surface area is 708 Å². The first kappa shape index (κ1) is 95.1. The zero-order valence-corrected chi connectivity index (χ0v) is 69.5. The highest BCUT2D eigenvalue weighted by molar-refractivity contribution is 6.32. The minimum absolute atomic E-state index is 0.0975. The van der Waals surface area contributed by atoms with E-state index < -0.39 is 243 Å². The number of nitrogens with two attached hydrogens (primary N) is 2. The maximum Gasteiger partial charge on any atom is 0.330 e. The highest BCUT2D eigenvalue weighted by Crippen LogP contribution is 2.50. The molecule has 7 heterocycles. The molecule has 5 aromatic rings. The van der Waals surface area contributed by atoms with Crippen LogP contribution in [0.1, 0.15) is 215 Å². The average Bonchev–Trinajstić information content (AvgIpc) is 0.764. The number of phenols is 3. The second kappa shape index (κ2) is 43.4. The van der Waals surface area contributed by atoms with E-state index >= 15 is 14.4 Å². The van der Waals surface area contributed by atoms with Crippen molar-refractivity contribution in [3.05, 3.63) is 117 Å². The third-order valence-corrected chi connectivity index (χ3v) is 22.4. The summed E-state index contributed by atoms with van der Waals surface area (Å²) in [4.78, 5) is 127. The summed E-state index contributed by atoms with van der Waals surface area (Å²) in [5, 5.41) is 139. The number of carboxylic acids is 2. The number of hydrogen-bond acceptors (Lipinski definition) is 26. The molecule has 7 aliphatic rings. The number of amides is 7. The number of rotatable bonds is 29. The molecule has 11 bridgehead atoms. The normalized spacial score (nSPS) is 26.4. The Balaban J connectivity index is 0.000000734. The predicted octanol–water partition coefficient (Wildman–Crippen LogP) is 6.44. The number of nitrogens with one attached hydrogen (secondary N) is 7. The topological polar surface area (TPSA) is 568 Å². The quantitative estimate of drug-likeness (QED) is 0.0229. The number of unbranched alkanes of at least 4 members (excludes halogenated alkanes) is 14. The molecule has 18 unspecified atom stereocenters. The average molecular weight is 1730 g/mol. The smallest absolute Gasteiger partial charge is 0.330 e. The Morgan fingerprint density at radius 2 is 1.19 bits per heavy atom. The van der Waals surface area contributed by atoms with Gasteiger partial charge in [-0.3, -0.25) is 38.4 Å². The first-order chi connectivity index (χ1) is 57.4. The van der Waals surface area contributed by atoms with Crippen LogP contribution in [0.15, 0.2) is 78.9 Å². The molecule has 0 saturated carbocycles. The molecule has 37 heteroatoms. The molecule has 35 nitrogen and oxygen atoms in total. The van der Waals surface area contributed by atoms with E-state index in [0.29, 0.717) is 6.42 Å². The summed E-state index contributed by atoms with van der Waals surface area (Å²) >= 11 is 14.1. The van der Waals surface area contributed by atoms with E-state index in [1.807, 2.05) is 13.8 Å². The Hall–Kier alpha value is -9.73. The van der Waals surface area contributed by atoms with Crippen LogP contribution in [0.2, 0.25) is 10.0 Å². The molecule has 7 aliphatic heterocycles. The molecule has 2 fully saturated rings. The number of ether oxygens (including phenoxy) is 6. The molecule has 0 spiro atoms. The second-order valence-electron chi connectivity index (χ2n) is 31.8. The van der Waals surface area contributed by atoms with Crippen LogP contribution in [0.4, 0.5) is 0 Å². The van der Waals surface area contributed by atoms with Crippen molar-refractivity contribution >= 4 is 76.5 Å². The van der Waals surface area contributed by atoms with E-state index in [9.17, 15) is 79.8 Å². The summed E-state index contributed by atoms with van der Waals surface area (Å²) in [6, 6.07) is -0.679.